The summed E-state index contributed by atoms with van der Waals surface area (Å²) in [6.45, 7) is 9.79. The van der Waals surface area contributed by atoms with Crippen molar-refractivity contribution in [2.24, 2.45) is 4.99 Å². The van der Waals surface area contributed by atoms with Gasteiger partial charge in [0.05, 0.1) is 18.3 Å². The molecule has 6 nitrogen and oxygen atoms in total. The second-order valence-electron chi connectivity index (χ2n) is 6.24. The average Bonchev–Trinajstić information content (AvgIpc) is 3.05. The molecular weight excluding hydrogens is 455 g/mol. The fraction of sp³-hybridized carbons (Fsp3) is 0.500. The van der Waals surface area contributed by atoms with Gasteiger partial charge in [-0.15, -0.1) is 24.0 Å². The van der Waals surface area contributed by atoms with E-state index in [2.05, 4.69) is 34.6 Å². The molecule has 7 heteroatoms. The maximum absolute atomic E-state index is 10.4. The predicted molar refractivity (Wildman–Crippen MR) is 120 cm³/mol. The monoisotopic (exact) mass is 486 g/mol. The third-order valence-electron chi connectivity index (χ3n) is 4.24. The van der Waals surface area contributed by atoms with Gasteiger partial charge in [-0.25, -0.2) is 4.99 Å². The number of hydrogen-bond acceptors (Lipinski definition) is 4. The van der Waals surface area contributed by atoms with Crippen molar-refractivity contribution >= 4 is 29.9 Å². The molecule has 27 heavy (non-hydrogen) atoms. The van der Waals surface area contributed by atoms with Crippen LogP contribution in [0.25, 0.3) is 0 Å². The zero-order valence-corrected chi connectivity index (χ0v) is 18.9. The van der Waals surface area contributed by atoms with Gasteiger partial charge in [0, 0.05) is 25.1 Å². The van der Waals surface area contributed by atoms with Gasteiger partial charge in [-0.3, -0.25) is 0 Å². The number of nitrogens with zero attached hydrogens (tertiary/aromatic N) is 2. The molecule has 0 bridgehead atoms. The molecule has 2 aromatic rings. The first-order chi connectivity index (χ1) is 12.6. The molecule has 0 radical (unpaired) electrons. The van der Waals surface area contributed by atoms with E-state index in [1.807, 2.05) is 38.1 Å². The van der Waals surface area contributed by atoms with E-state index >= 15 is 0 Å². The number of guanidine groups is 1. The molecule has 0 fully saturated rings. The van der Waals surface area contributed by atoms with E-state index in [1.165, 1.54) is 0 Å². The normalized spacial score (nSPS) is 12.4. The molecule has 0 aliphatic heterocycles. The molecule has 0 aliphatic carbocycles. The van der Waals surface area contributed by atoms with Crippen LogP contribution in [0.4, 0.5) is 0 Å². The molecule has 0 spiro atoms. The number of halogens is 1. The number of aliphatic hydroxyl groups excluding tert-OH is 1. The van der Waals surface area contributed by atoms with Crippen LogP contribution in [-0.2, 0) is 19.4 Å². The number of benzene rings is 1. The third-order valence-corrected chi connectivity index (χ3v) is 4.24. The number of aryl methyl sites for hydroxylation is 3. The van der Waals surface area contributed by atoms with Crippen molar-refractivity contribution in [3.63, 3.8) is 0 Å². The lowest BCUT2D eigenvalue weighted by Gasteiger charge is -2.16. The molecular formula is C20H31IN4O2. The minimum Gasteiger partial charge on any atom is -0.387 e. The minimum absolute atomic E-state index is 0. The van der Waals surface area contributed by atoms with Gasteiger partial charge in [0.15, 0.2) is 5.96 Å². The van der Waals surface area contributed by atoms with Crippen LogP contribution in [0.1, 0.15) is 55.0 Å². The third kappa shape index (κ3) is 6.80. The van der Waals surface area contributed by atoms with Gasteiger partial charge >= 0.3 is 0 Å². The van der Waals surface area contributed by atoms with Crippen molar-refractivity contribution < 1.29 is 9.63 Å². The lowest BCUT2D eigenvalue weighted by Crippen LogP contribution is -2.39. The number of rotatable bonds is 8. The van der Waals surface area contributed by atoms with Crippen molar-refractivity contribution in [2.45, 2.75) is 53.2 Å². The van der Waals surface area contributed by atoms with Crippen LogP contribution in [0.5, 0.6) is 0 Å². The maximum Gasteiger partial charge on any atom is 0.191 e. The summed E-state index contributed by atoms with van der Waals surface area (Å²) in [6.07, 6.45) is 1.03. The summed E-state index contributed by atoms with van der Waals surface area (Å²) in [5, 5.41) is 21.0. The van der Waals surface area contributed by atoms with Crippen LogP contribution >= 0.6 is 24.0 Å². The molecule has 1 aromatic carbocycles. The Bertz CT molecular complexity index is 709. The summed E-state index contributed by atoms with van der Waals surface area (Å²) in [5.41, 5.74) is 4.05. The Labute approximate surface area is 178 Å². The molecule has 3 N–H and O–H groups in total. The first-order valence-electron chi connectivity index (χ1n) is 9.32. The Hall–Kier alpha value is -1.61. The molecule has 1 atom stereocenters. The standard InChI is InChI=1S/C20H30N4O2.HI/c1-5-17-16(19(6-2)26-24-17)12-22-20(21-7-3)23-13-18(25)15-10-8-9-14(4)11-15;/h8-11,18,25H,5-7,12-13H2,1-4H3,(H2,21,22,23);1H. The topological polar surface area (TPSA) is 82.7 Å². The van der Waals surface area contributed by atoms with Gasteiger partial charge in [0.2, 0.25) is 0 Å². The van der Waals surface area contributed by atoms with Crippen LogP contribution in [0.2, 0.25) is 0 Å². The quantitative estimate of drug-likeness (QED) is 0.302. The van der Waals surface area contributed by atoms with E-state index in [9.17, 15) is 5.11 Å². The van der Waals surface area contributed by atoms with E-state index < -0.39 is 6.10 Å². The van der Waals surface area contributed by atoms with Crippen LogP contribution in [0, 0.1) is 6.92 Å². The molecule has 1 unspecified atom stereocenters. The van der Waals surface area contributed by atoms with Gasteiger partial charge in [-0.2, -0.15) is 0 Å². The maximum atomic E-state index is 10.4. The predicted octanol–water partition coefficient (Wildman–Crippen LogP) is 3.51. The van der Waals surface area contributed by atoms with Gasteiger partial charge in [-0.05, 0) is 25.8 Å². The number of aliphatic imine (C=N–C) groups is 1. The number of hydrogen-bond donors (Lipinski definition) is 3. The first kappa shape index (κ1) is 23.4. The van der Waals surface area contributed by atoms with Gasteiger partial charge in [-0.1, -0.05) is 48.8 Å². The molecule has 0 amide bonds. The highest BCUT2D eigenvalue weighted by Gasteiger charge is 2.13. The minimum atomic E-state index is -0.591. The van der Waals surface area contributed by atoms with E-state index in [1.54, 1.807) is 0 Å². The SMILES string of the molecule is CCNC(=NCc1c(CC)noc1CC)NCC(O)c1cccc(C)c1.I. The van der Waals surface area contributed by atoms with Gasteiger partial charge in [0.1, 0.15) is 5.76 Å². The zero-order chi connectivity index (χ0) is 18.9. The van der Waals surface area contributed by atoms with Crippen LogP contribution in [-0.4, -0.2) is 29.3 Å². The van der Waals surface area contributed by atoms with Crippen LogP contribution < -0.4 is 10.6 Å². The second kappa shape index (κ2) is 12.0. The number of nitrogens with one attached hydrogen (secondary N) is 2. The summed E-state index contributed by atoms with van der Waals surface area (Å²) in [5.74, 6) is 1.56. The van der Waals surface area contributed by atoms with Crippen molar-refractivity contribution in [3.05, 3.63) is 52.4 Å². The summed E-state index contributed by atoms with van der Waals surface area (Å²) in [6, 6.07) is 7.90. The fourth-order valence-corrected chi connectivity index (χ4v) is 2.81. The van der Waals surface area contributed by atoms with E-state index in [0.717, 1.165) is 47.5 Å². The summed E-state index contributed by atoms with van der Waals surface area (Å²) < 4.78 is 5.40. The lowest BCUT2D eigenvalue weighted by molar-refractivity contribution is 0.181. The van der Waals surface area contributed by atoms with Crippen LogP contribution in [0.15, 0.2) is 33.8 Å². The highest BCUT2D eigenvalue weighted by Crippen LogP contribution is 2.17. The Kier molecular flexibility index (Phi) is 10.4. The van der Waals surface area contributed by atoms with E-state index in [-0.39, 0.29) is 24.0 Å². The average molecular weight is 486 g/mol. The van der Waals surface area contributed by atoms with Crippen LogP contribution in [0.3, 0.4) is 0 Å². The fourth-order valence-electron chi connectivity index (χ4n) is 2.81. The van der Waals surface area contributed by atoms with Crippen molar-refractivity contribution in [1.82, 2.24) is 15.8 Å². The van der Waals surface area contributed by atoms with Crippen molar-refractivity contribution in [2.75, 3.05) is 13.1 Å². The molecule has 0 saturated carbocycles. The molecule has 0 saturated heterocycles. The van der Waals surface area contributed by atoms with Gasteiger partial charge in [0.25, 0.3) is 0 Å². The molecule has 2 rings (SSSR count). The molecule has 1 aromatic heterocycles. The summed E-state index contributed by atoms with van der Waals surface area (Å²) in [4.78, 5) is 4.64. The lowest BCUT2D eigenvalue weighted by atomic mass is 10.1. The second-order valence-corrected chi connectivity index (χ2v) is 6.24. The summed E-state index contributed by atoms with van der Waals surface area (Å²) in [7, 11) is 0. The Morgan fingerprint density at radius 2 is 2.00 bits per heavy atom. The smallest absolute Gasteiger partial charge is 0.191 e. The molecule has 1 heterocycles. The first-order valence-corrected chi connectivity index (χ1v) is 9.32. The Morgan fingerprint density at radius 3 is 2.63 bits per heavy atom. The Morgan fingerprint density at radius 1 is 1.22 bits per heavy atom. The zero-order valence-electron chi connectivity index (χ0n) is 16.6. The number of aliphatic hydroxyl groups is 1. The largest absolute Gasteiger partial charge is 0.387 e. The van der Waals surface area contributed by atoms with Crippen molar-refractivity contribution in [3.8, 4) is 0 Å². The number of aromatic nitrogens is 1. The highest BCUT2D eigenvalue weighted by molar-refractivity contribution is 14.0. The molecule has 150 valence electrons. The molecule has 0 aliphatic rings. The van der Waals surface area contributed by atoms with Crippen molar-refractivity contribution in [1.29, 1.82) is 0 Å². The summed E-state index contributed by atoms with van der Waals surface area (Å²) >= 11 is 0. The van der Waals surface area contributed by atoms with E-state index in [0.29, 0.717) is 19.0 Å². The Balaban J connectivity index is 0.00000364. The van der Waals surface area contributed by atoms with E-state index in [4.69, 9.17) is 4.52 Å². The highest BCUT2D eigenvalue weighted by atomic mass is 127. The van der Waals surface area contributed by atoms with Gasteiger partial charge < -0.3 is 20.3 Å².